The molecule has 6 heteroatoms. The highest BCUT2D eigenvalue weighted by molar-refractivity contribution is 6.03. The number of aromatic nitrogens is 1. The molecule has 1 N–H and O–H groups in total. The highest BCUT2D eigenvalue weighted by atomic mass is 16.6. The van der Waals surface area contributed by atoms with E-state index in [4.69, 9.17) is 0 Å². The maximum atomic E-state index is 11.9. The number of anilines is 1. The number of aryl methyl sites for hydroxylation is 1. The van der Waals surface area contributed by atoms with Crippen LogP contribution < -0.4 is 5.32 Å². The first kappa shape index (κ1) is 12.7. The number of benzene rings is 1. The Morgan fingerprint density at radius 2 is 1.95 bits per heavy atom. The molecular weight excluding hydrogens is 246 g/mol. The molecule has 0 radical (unpaired) electrons. The summed E-state index contributed by atoms with van der Waals surface area (Å²) in [5, 5.41) is 13.1. The van der Waals surface area contributed by atoms with Crippen LogP contribution in [0.2, 0.25) is 0 Å². The SMILES string of the molecule is Cc1ccnc(NC(=O)c2ccc([N+](=O)[O-])cc2)c1. The summed E-state index contributed by atoms with van der Waals surface area (Å²) < 4.78 is 0. The van der Waals surface area contributed by atoms with Crippen LogP contribution >= 0.6 is 0 Å². The maximum Gasteiger partial charge on any atom is 0.269 e. The fraction of sp³-hybridized carbons (Fsp3) is 0.0769. The summed E-state index contributed by atoms with van der Waals surface area (Å²) in [4.78, 5) is 25.9. The minimum Gasteiger partial charge on any atom is -0.307 e. The van der Waals surface area contributed by atoms with Crippen molar-refractivity contribution in [2.75, 3.05) is 5.32 Å². The number of hydrogen-bond acceptors (Lipinski definition) is 4. The van der Waals surface area contributed by atoms with Gasteiger partial charge >= 0.3 is 0 Å². The molecule has 1 heterocycles. The molecule has 0 fully saturated rings. The number of nitro groups is 1. The minimum absolute atomic E-state index is 0.0507. The lowest BCUT2D eigenvalue weighted by Crippen LogP contribution is -2.12. The average Bonchev–Trinajstić information content (AvgIpc) is 2.39. The highest BCUT2D eigenvalue weighted by Gasteiger charge is 2.10. The van der Waals surface area contributed by atoms with Crippen molar-refractivity contribution >= 4 is 17.4 Å². The number of amides is 1. The van der Waals surface area contributed by atoms with E-state index >= 15 is 0 Å². The molecule has 0 unspecified atom stereocenters. The third-order valence-corrected chi connectivity index (χ3v) is 2.50. The largest absolute Gasteiger partial charge is 0.307 e. The lowest BCUT2D eigenvalue weighted by atomic mass is 10.2. The summed E-state index contributed by atoms with van der Waals surface area (Å²) in [5.41, 5.74) is 1.27. The molecule has 2 rings (SSSR count). The Morgan fingerprint density at radius 1 is 1.26 bits per heavy atom. The van der Waals surface area contributed by atoms with E-state index in [0.29, 0.717) is 11.4 Å². The van der Waals surface area contributed by atoms with Crippen molar-refractivity contribution in [2.24, 2.45) is 0 Å². The second kappa shape index (κ2) is 5.26. The molecule has 0 saturated carbocycles. The zero-order valence-electron chi connectivity index (χ0n) is 10.2. The Labute approximate surface area is 109 Å². The smallest absolute Gasteiger partial charge is 0.269 e. The van der Waals surface area contributed by atoms with Crippen LogP contribution in [0.5, 0.6) is 0 Å². The number of nitro benzene ring substituents is 1. The van der Waals surface area contributed by atoms with Gasteiger partial charge in [-0.25, -0.2) is 4.98 Å². The molecular formula is C13H11N3O3. The van der Waals surface area contributed by atoms with Crippen molar-refractivity contribution < 1.29 is 9.72 Å². The first-order valence-electron chi connectivity index (χ1n) is 5.55. The lowest BCUT2D eigenvalue weighted by Gasteiger charge is -2.04. The third-order valence-electron chi connectivity index (χ3n) is 2.50. The van der Waals surface area contributed by atoms with Crippen molar-refractivity contribution in [1.29, 1.82) is 0 Å². The van der Waals surface area contributed by atoms with Crippen molar-refractivity contribution in [3.05, 3.63) is 63.8 Å². The van der Waals surface area contributed by atoms with E-state index in [0.717, 1.165) is 5.56 Å². The molecule has 0 spiro atoms. The van der Waals surface area contributed by atoms with Crippen molar-refractivity contribution in [2.45, 2.75) is 6.92 Å². The van der Waals surface area contributed by atoms with Crippen molar-refractivity contribution in [3.63, 3.8) is 0 Å². The number of nitrogens with one attached hydrogen (secondary N) is 1. The summed E-state index contributed by atoms with van der Waals surface area (Å²) in [6.07, 6.45) is 1.60. The number of nitrogens with zero attached hydrogens (tertiary/aromatic N) is 2. The first-order valence-corrected chi connectivity index (χ1v) is 5.55. The van der Waals surface area contributed by atoms with Gasteiger partial charge in [-0.1, -0.05) is 0 Å². The molecule has 0 saturated heterocycles. The molecule has 6 nitrogen and oxygen atoms in total. The second-order valence-electron chi connectivity index (χ2n) is 3.98. The van der Waals surface area contributed by atoms with Gasteiger partial charge in [-0.15, -0.1) is 0 Å². The third kappa shape index (κ3) is 3.12. The summed E-state index contributed by atoms with van der Waals surface area (Å²) in [5.74, 6) is 0.0938. The van der Waals surface area contributed by atoms with Crippen LogP contribution in [0.1, 0.15) is 15.9 Å². The lowest BCUT2D eigenvalue weighted by molar-refractivity contribution is -0.384. The van der Waals surface area contributed by atoms with E-state index in [2.05, 4.69) is 10.3 Å². The van der Waals surface area contributed by atoms with Gasteiger partial charge < -0.3 is 5.32 Å². The zero-order chi connectivity index (χ0) is 13.8. The van der Waals surface area contributed by atoms with E-state index < -0.39 is 4.92 Å². The Balaban J connectivity index is 2.14. The minimum atomic E-state index is -0.510. The fourth-order valence-corrected chi connectivity index (χ4v) is 1.53. The molecule has 0 aliphatic rings. The second-order valence-corrected chi connectivity index (χ2v) is 3.98. The van der Waals surface area contributed by atoms with Crippen LogP contribution in [-0.4, -0.2) is 15.8 Å². The molecule has 96 valence electrons. The number of rotatable bonds is 3. The van der Waals surface area contributed by atoms with Gasteiger partial charge in [0.25, 0.3) is 11.6 Å². The van der Waals surface area contributed by atoms with E-state index in [1.165, 1.54) is 24.3 Å². The monoisotopic (exact) mass is 257 g/mol. The highest BCUT2D eigenvalue weighted by Crippen LogP contribution is 2.13. The molecule has 1 aromatic heterocycles. The van der Waals surface area contributed by atoms with E-state index in [-0.39, 0.29) is 11.6 Å². The topological polar surface area (TPSA) is 85.1 Å². The van der Waals surface area contributed by atoms with E-state index in [1.54, 1.807) is 12.3 Å². The molecule has 19 heavy (non-hydrogen) atoms. The first-order chi connectivity index (χ1) is 9.06. The van der Waals surface area contributed by atoms with Crippen LogP contribution in [0, 0.1) is 17.0 Å². The predicted octanol–water partition coefficient (Wildman–Crippen LogP) is 2.55. The maximum absolute atomic E-state index is 11.9. The van der Waals surface area contributed by atoms with E-state index in [9.17, 15) is 14.9 Å². The number of carbonyl (C=O) groups is 1. The van der Waals surface area contributed by atoms with Gasteiger partial charge in [0.05, 0.1) is 4.92 Å². The van der Waals surface area contributed by atoms with Gasteiger partial charge in [-0.3, -0.25) is 14.9 Å². The Morgan fingerprint density at radius 3 is 2.53 bits per heavy atom. The van der Waals surface area contributed by atoms with Crippen LogP contribution in [0.25, 0.3) is 0 Å². The van der Waals surface area contributed by atoms with Crippen LogP contribution in [0.15, 0.2) is 42.6 Å². The summed E-state index contributed by atoms with van der Waals surface area (Å²) in [7, 11) is 0. The van der Waals surface area contributed by atoms with Crippen LogP contribution in [-0.2, 0) is 0 Å². The number of carbonyl (C=O) groups excluding carboxylic acids is 1. The van der Waals surface area contributed by atoms with E-state index in [1.807, 2.05) is 13.0 Å². The molecule has 0 aliphatic carbocycles. The summed E-state index contributed by atoms with van der Waals surface area (Å²) >= 11 is 0. The predicted molar refractivity (Wildman–Crippen MR) is 70.0 cm³/mol. The molecule has 1 amide bonds. The number of non-ortho nitro benzene ring substituents is 1. The standard InChI is InChI=1S/C13H11N3O3/c1-9-6-7-14-12(8-9)15-13(17)10-2-4-11(5-3-10)16(18)19/h2-8H,1H3,(H,14,15,17). The number of hydrogen-bond donors (Lipinski definition) is 1. The fourth-order valence-electron chi connectivity index (χ4n) is 1.53. The molecule has 0 aliphatic heterocycles. The van der Waals surface area contributed by atoms with Gasteiger partial charge in [0, 0.05) is 23.9 Å². The molecule has 1 aromatic carbocycles. The summed E-state index contributed by atoms with van der Waals surface area (Å²) in [6.45, 7) is 1.89. The zero-order valence-corrected chi connectivity index (χ0v) is 10.2. The average molecular weight is 257 g/mol. The molecule has 0 atom stereocenters. The van der Waals surface area contributed by atoms with Gasteiger partial charge in [0.1, 0.15) is 5.82 Å². The van der Waals surface area contributed by atoms with Gasteiger partial charge in [-0.05, 0) is 36.8 Å². The van der Waals surface area contributed by atoms with Crippen molar-refractivity contribution in [1.82, 2.24) is 4.98 Å². The molecule has 2 aromatic rings. The van der Waals surface area contributed by atoms with Crippen LogP contribution in [0.4, 0.5) is 11.5 Å². The Bertz CT molecular complexity index is 623. The van der Waals surface area contributed by atoms with Crippen molar-refractivity contribution in [3.8, 4) is 0 Å². The Hall–Kier alpha value is -2.76. The van der Waals surface area contributed by atoms with Gasteiger partial charge in [0.2, 0.25) is 0 Å². The summed E-state index contributed by atoms with van der Waals surface area (Å²) in [6, 6.07) is 8.95. The normalized spacial score (nSPS) is 9.95. The molecule has 0 bridgehead atoms. The number of pyridine rings is 1. The Kier molecular flexibility index (Phi) is 3.51. The van der Waals surface area contributed by atoms with Gasteiger partial charge in [-0.2, -0.15) is 0 Å². The van der Waals surface area contributed by atoms with Gasteiger partial charge in [0.15, 0.2) is 0 Å². The van der Waals surface area contributed by atoms with Crippen LogP contribution in [0.3, 0.4) is 0 Å². The quantitative estimate of drug-likeness (QED) is 0.676.